The third kappa shape index (κ3) is 7.55. The first-order chi connectivity index (χ1) is 16.1. The van der Waals surface area contributed by atoms with Crippen LogP contribution in [0.4, 0.5) is 23.5 Å². The van der Waals surface area contributed by atoms with Crippen LogP contribution in [-0.4, -0.2) is 60.1 Å². The molecule has 34 heavy (non-hydrogen) atoms. The summed E-state index contributed by atoms with van der Waals surface area (Å²) in [6, 6.07) is 5.92. The lowest BCUT2D eigenvalue weighted by molar-refractivity contribution is 0.0953. The second-order valence-corrected chi connectivity index (χ2v) is 10.3. The molecule has 186 valence electrons. The molecule has 0 saturated carbocycles. The Balaban J connectivity index is 1.86. The zero-order valence-corrected chi connectivity index (χ0v) is 21.5. The maximum absolute atomic E-state index is 12.6. The molecule has 9 nitrogen and oxygen atoms in total. The lowest BCUT2D eigenvalue weighted by Crippen LogP contribution is -2.31. The van der Waals surface area contributed by atoms with E-state index in [4.69, 9.17) is 9.97 Å². The number of unbranched alkanes of at least 4 members (excludes halogenated alkanes) is 1. The molecule has 0 spiro atoms. The molecule has 1 aliphatic rings. The van der Waals surface area contributed by atoms with Crippen molar-refractivity contribution in [1.29, 1.82) is 0 Å². The van der Waals surface area contributed by atoms with Gasteiger partial charge < -0.3 is 26.2 Å². The van der Waals surface area contributed by atoms with Crippen molar-refractivity contribution < 1.29 is 4.79 Å². The zero-order chi connectivity index (χ0) is 24.7. The number of rotatable bonds is 10. The van der Waals surface area contributed by atoms with E-state index >= 15 is 0 Å². The summed E-state index contributed by atoms with van der Waals surface area (Å²) in [5.74, 6) is 1.53. The first-order valence-electron chi connectivity index (χ1n) is 12.2. The van der Waals surface area contributed by atoms with Crippen molar-refractivity contribution in [3.8, 4) is 0 Å². The second-order valence-electron chi connectivity index (χ2n) is 10.3. The number of hydrogen-bond acceptors (Lipinski definition) is 8. The third-order valence-corrected chi connectivity index (χ3v) is 5.63. The first-order valence-corrected chi connectivity index (χ1v) is 12.2. The minimum atomic E-state index is -0.0752. The number of carbonyl (C=O) groups excluding carboxylic acids is 1. The number of benzene rings is 1. The van der Waals surface area contributed by atoms with Crippen LogP contribution in [0.15, 0.2) is 18.2 Å². The molecule has 1 aliphatic heterocycles. The van der Waals surface area contributed by atoms with Gasteiger partial charge in [0.05, 0.1) is 0 Å². The van der Waals surface area contributed by atoms with Crippen molar-refractivity contribution in [2.75, 3.05) is 48.8 Å². The number of nitrogens with zero attached hydrogens (tertiary/aromatic N) is 4. The summed E-state index contributed by atoms with van der Waals surface area (Å²) >= 11 is 0. The van der Waals surface area contributed by atoms with E-state index in [1.807, 2.05) is 32.2 Å². The molecule has 0 unspecified atom stereocenters. The van der Waals surface area contributed by atoms with Crippen LogP contribution >= 0.6 is 0 Å². The molecule has 1 atom stereocenters. The van der Waals surface area contributed by atoms with Crippen LogP contribution in [0.5, 0.6) is 0 Å². The summed E-state index contributed by atoms with van der Waals surface area (Å²) in [6.07, 6.45) is 3.03. The molecule has 1 fully saturated rings. The molecule has 1 aromatic carbocycles. The fourth-order valence-corrected chi connectivity index (χ4v) is 3.90. The standard InChI is InChI=1S/C25H40N8O/c1-7-8-12-27-21(34)18-10-9-17(2)20(14-18)29-23-30-22(28-19-11-13-26-15-19)31-24(32-23)33(6)16-25(3,4)5/h9-10,14,19,26H,7-8,11-13,15-16H2,1-6H3,(H,27,34)(H2,28,29,30,31,32)/t19-/m1/s1. The Morgan fingerprint density at radius 1 is 1.21 bits per heavy atom. The molecule has 1 saturated heterocycles. The molecular formula is C25H40N8O. The summed E-state index contributed by atoms with van der Waals surface area (Å²) in [5.41, 5.74) is 2.50. The number of nitrogens with one attached hydrogen (secondary N) is 4. The molecule has 2 aromatic rings. The fourth-order valence-electron chi connectivity index (χ4n) is 3.90. The van der Waals surface area contributed by atoms with Gasteiger partial charge in [0.2, 0.25) is 17.8 Å². The van der Waals surface area contributed by atoms with Crippen LogP contribution in [0.25, 0.3) is 0 Å². The Morgan fingerprint density at radius 3 is 2.65 bits per heavy atom. The van der Waals surface area contributed by atoms with Crippen molar-refractivity contribution >= 4 is 29.4 Å². The number of aromatic nitrogens is 3. The van der Waals surface area contributed by atoms with Crippen LogP contribution in [0.2, 0.25) is 0 Å². The molecule has 1 amide bonds. The Bertz CT molecular complexity index is 966. The maximum atomic E-state index is 12.6. The van der Waals surface area contributed by atoms with E-state index in [-0.39, 0.29) is 17.4 Å². The second kappa shape index (κ2) is 11.5. The predicted octanol–water partition coefficient (Wildman–Crippen LogP) is 3.71. The topological polar surface area (TPSA) is 107 Å². The summed E-state index contributed by atoms with van der Waals surface area (Å²) < 4.78 is 0. The van der Waals surface area contributed by atoms with E-state index in [2.05, 4.69) is 58.8 Å². The van der Waals surface area contributed by atoms with Gasteiger partial charge in [0.15, 0.2) is 0 Å². The van der Waals surface area contributed by atoms with Crippen molar-refractivity contribution in [2.45, 2.75) is 59.9 Å². The molecule has 9 heteroatoms. The highest BCUT2D eigenvalue weighted by molar-refractivity contribution is 5.95. The van der Waals surface area contributed by atoms with Gasteiger partial charge in [-0.05, 0) is 49.4 Å². The quantitative estimate of drug-likeness (QED) is 0.391. The molecule has 3 rings (SSSR count). The Morgan fingerprint density at radius 2 is 1.97 bits per heavy atom. The SMILES string of the molecule is CCCCNC(=O)c1ccc(C)c(Nc2nc(N[C@@H]3CCNC3)nc(N(C)CC(C)(C)C)n2)c1. The van der Waals surface area contributed by atoms with Gasteiger partial charge in [-0.3, -0.25) is 4.79 Å². The van der Waals surface area contributed by atoms with Gasteiger partial charge in [-0.1, -0.05) is 40.2 Å². The van der Waals surface area contributed by atoms with E-state index in [0.717, 1.165) is 50.1 Å². The Kier molecular flexibility index (Phi) is 8.66. The number of amides is 1. The summed E-state index contributed by atoms with van der Waals surface area (Å²) in [6.45, 7) is 14.0. The van der Waals surface area contributed by atoms with Crippen LogP contribution in [0, 0.1) is 12.3 Å². The zero-order valence-electron chi connectivity index (χ0n) is 21.5. The van der Waals surface area contributed by atoms with Crippen LogP contribution in [0.3, 0.4) is 0 Å². The number of carbonyl (C=O) groups is 1. The maximum Gasteiger partial charge on any atom is 0.251 e. The lowest BCUT2D eigenvalue weighted by atomic mass is 9.96. The van der Waals surface area contributed by atoms with E-state index in [1.54, 1.807) is 0 Å². The van der Waals surface area contributed by atoms with E-state index in [1.165, 1.54) is 0 Å². The minimum Gasteiger partial charge on any atom is -0.352 e. The molecular weight excluding hydrogens is 428 g/mol. The lowest BCUT2D eigenvalue weighted by Gasteiger charge is -2.27. The van der Waals surface area contributed by atoms with Gasteiger partial charge in [0.25, 0.3) is 5.91 Å². The molecule has 0 radical (unpaired) electrons. The van der Waals surface area contributed by atoms with Gasteiger partial charge in [-0.15, -0.1) is 0 Å². The van der Waals surface area contributed by atoms with Crippen LogP contribution in [0.1, 0.15) is 62.9 Å². The molecule has 2 heterocycles. The van der Waals surface area contributed by atoms with Gasteiger partial charge in [-0.25, -0.2) is 0 Å². The van der Waals surface area contributed by atoms with Crippen LogP contribution in [-0.2, 0) is 0 Å². The summed E-state index contributed by atoms with van der Waals surface area (Å²) in [7, 11) is 2.00. The minimum absolute atomic E-state index is 0.0752. The third-order valence-electron chi connectivity index (χ3n) is 5.63. The van der Waals surface area contributed by atoms with Crippen molar-refractivity contribution in [1.82, 2.24) is 25.6 Å². The van der Waals surface area contributed by atoms with Crippen molar-refractivity contribution in [3.05, 3.63) is 29.3 Å². The monoisotopic (exact) mass is 468 g/mol. The number of aryl methyl sites for hydroxylation is 1. The Hall–Kier alpha value is -2.94. The smallest absolute Gasteiger partial charge is 0.251 e. The van der Waals surface area contributed by atoms with Gasteiger partial charge in [-0.2, -0.15) is 15.0 Å². The normalized spacial score (nSPS) is 15.8. The average Bonchev–Trinajstić information content (AvgIpc) is 3.27. The molecule has 0 bridgehead atoms. The van der Waals surface area contributed by atoms with Gasteiger partial charge >= 0.3 is 0 Å². The fraction of sp³-hybridized carbons (Fsp3) is 0.600. The van der Waals surface area contributed by atoms with Gasteiger partial charge in [0.1, 0.15) is 0 Å². The number of hydrogen-bond donors (Lipinski definition) is 4. The van der Waals surface area contributed by atoms with Crippen LogP contribution < -0.4 is 26.2 Å². The van der Waals surface area contributed by atoms with E-state index in [9.17, 15) is 4.79 Å². The number of anilines is 4. The first kappa shape index (κ1) is 25.7. The largest absolute Gasteiger partial charge is 0.352 e. The predicted molar refractivity (Wildman–Crippen MR) is 139 cm³/mol. The van der Waals surface area contributed by atoms with Crippen molar-refractivity contribution in [2.24, 2.45) is 5.41 Å². The molecule has 1 aromatic heterocycles. The summed E-state index contributed by atoms with van der Waals surface area (Å²) in [4.78, 5) is 28.6. The molecule has 0 aliphatic carbocycles. The van der Waals surface area contributed by atoms with Gasteiger partial charge in [0, 0.05) is 44.0 Å². The highest BCUT2D eigenvalue weighted by atomic mass is 16.1. The molecule has 4 N–H and O–H groups in total. The van der Waals surface area contributed by atoms with E-state index < -0.39 is 0 Å². The average molecular weight is 469 g/mol. The highest BCUT2D eigenvalue weighted by Gasteiger charge is 2.20. The Labute approximate surface area is 203 Å². The van der Waals surface area contributed by atoms with E-state index in [0.29, 0.717) is 30.0 Å². The highest BCUT2D eigenvalue weighted by Crippen LogP contribution is 2.24. The summed E-state index contributed by atoms with van der Waals surface area (Å²) in [5, 5.41) is 13.1. The van der Waals surface area contributed by atoms with Crippen molar-refractivity contribution in [3.63, 3.8) is 0 Å².